The monoisotopic (exact) mass is 402 g/mol. The normalized spacial score (nSPS) is 19.4. The standard InChI is InChI=1S/C15H16N2O4.C6H14N2/c1-9-7-13(14(10(2)16-9)15(18)21-3)11-5-4-6-12(8-11)17(19)20;1-2-8-5-3-7-4-6-8/h4-8,13,16H,1-3H3;7H,2-6H2,1H3. The van der Waals surface area contributed by atoms with Gasteiger partial charge in [0.05, 0.1) is 17.6 Å². The number of likely N-dealkylation sites (N-methyl/N-ethyl adjacent to an activating group) is 1. The van der Waals surface area contributed by atoms with E-state index in [-0.39, 0.29) is 11.6 Å². The van der Waals surface area contributed by atoms with E-state index in [9.17, 15) is 14.9 Å². The lowest BCUT2D eigenvalue weighted by molar-refractivity contribution is -0.384. The molecule has 0 aromatic heterocycles. The molecule has 8 nitrogen and oxygen atoms in total. The number of carbonyl (C=O) groups is 1. The Morgan fingerprint density at radius 1 is 1.31 bits per heavy atom. The number of hydrogen-bond donors (Lipinski definition) is 2. The molecular formula is C21H30N4O4. The van der Waals surface area contributed by atoms with Gasteiger partial charge in [-0.2, -0.15) is 0 Å². The number of nitro benzene ring substituents is 1. The van der Waals surface area contributed by atoms with Crippen LogP contribution >= 0.6 is 0 Å². The van der Waals surface area contributed by atoms with Gasteiger partial charge in [0.25, 0.3) is 5.69 Å². The number of carbonyl (C=O) groups excluding carboxylic acids is 1. The number of non-ortho nitro benzene ring substituents is 1. The molecule has 158 valence electrons. The van der Waals surface area contributed by atoms with Gasteiger partial charge in [-0.05, 0) is 26.0 Å². The summed E-state index contributed by atoms with van der Waals surface area (Å²) in [6.07, 6.45) is 1.86. The van der Waals surface area contributed by atoms with Gasteiger partial charge in [-0.25, -0.2) is 4.79 Å². The number of hydrogen-bond acceptors (Lipinski definition) is 7. The zero-order chi connectivity index (χ0) is 21.4. The fourth-order valence-corrected chi connectivity index (χ4v) is 3.48. The zero-order valence-corrected chi connectivity index (χ0v) is 17.5. The fourth-order valence-electron chi connectivity index (χ4n) is 3.48. The molecule has 1 aromatic carbocycles. The maximum Gasteiger partial charge on any atom is 0.336 e. The molecule has 29 heavy (non-hydrogen) atoms. The van der Waals surface area contributed by atoms with Crippen molar-refractivity contribution in [3.05, 3.63) is 63.0 Å². The fraction of sp³-hybridized carbons (Fsp3) is 0.476. The van der Waals surface area contributed by atoms with E-state index in [0.717, 1.165) is 5.70 Å². The van der Waals surface area contributed by atoms with Gasteiger partial charge in [-0.1, -0.05) is 25.1 Å². The Morgan fingerprint density at radius 3 is 2.55 bits per heavy atom. The van der Waals surface area contributed by atoms with Crippen molar-refractivity contribution >= 4 is 11.7 Å². The van der Waals surface area contributed by atoms with Gasteiger partial charge in [0.1, 0.15) is 0 Å². The Labute approximate surface area is 171 Å². The SMILES string of the molecule is CCN1CCNCC1.COC(=O)C1=C(C)NC(C)=CC1c1cccc([N+](=O)[O-])c1. The van der Waals surface area contributed by atoms with Crippen LogP contribution in [0, 0.1) is 10.1 Å². The molecule has 1 atom stereocenters. The summed E-state index contributed by atoms with van der Waals surface area (Å²) >= 11 is 0. The topological polar surface area (TPSA) is 96.7 Å². The first-order valence-corrected chi connectivity index (χ1v) is 9.79. The van der Waals surface area contributed by atoms with Crippen molar-refractivity contribution in [1.29, 1.82) is 0 Å². The van der Waals surface area contributed by atoms with E-state index >= 15 is 0 Å². The smallest absolute Gasteiger partial charge is 0.336 e. The molecule has 3 rings (SSSR count). The van der Waals surface area contributed by atoms with Gasteiger partial charge in [-0.3, -0.25) is 10.1 Å². The molecule has 0 spiro atoms. The maximum absolute atomic E-state index is 12.0. The summed E-state index contributed by atoms with van der Waals surface area (Å²) in [5, 5.41) is 17.3. The van der Waals surface area contributed by atoms with Crippen molar-refractivity contribution in [3.8, 4) is 0 Å². The molecule has 2 N–H and O–H groups in total. The zero-order valence-electron chi connectivity index (χ0n) is 17.5. The molecule has 8 heteroatoms. The lowest BCUT2D eigenvalue weighted by Crippen LogP contribution is -2.43. The van der Waals surface area contributed by atoms with Crippen LogP contribution in [-0.2, 0) is 9.53 Å². The van der Waals surface area contributed by atoms with Crippen LogP contribution in [0.4, 0.5) is 5.69 Å². The third-order valence-electron chi connectivity index (χ3n) is 5.02. The van der Waals surface area contributed by atoms with Crippen LogP contribution < -0.4 is 10.6 Å². The highest BCUT2D eigenvalue weighted by molar-refractivity contribution is 5.92. The molecule has 1 saturated heterocycles. The summed E-state index contributed by atoms with van der Waals surface area (Å²) < 4.78 is 4.82. The number of benzene rings is 1. The van der Waals surface area contributed by atoms with Crippen LogP contribution in [0.5, 0.6) is 0 Å². The summed E-state index contributed by atoms with van der Waals surface area (Å²) in [5.74, 6) is -0.807. The Balaban J connectivity index is 0.000000313. The van der Waals surface area contributed by atoms with Gasteiger partial charge in [-0.15, -0.1) is 0 Å². The molecule has 2 aliphatic rings. The summed E-state index contributed by atoms with van der Waals surface area (Å²) in [4.78, 5) is 24.9. The molecule has 1 aromatic rings. The van der Waals surface area contributed by atoms with Gasteiger partial charge >= 0.3 is 5.97 Å². The second kappa shape index (κ2) is 10.7. The summed E-state index contributed by atoms with van der Waals surface area (Å²) in [5.41, 5.74) is 2.72. The minimum absolute atomic E-state index is 0.000968. The number of nitrogens with one attached hydrogen (secondary N) is 2. The van der Waals surface area contributed by atoms with Crippen molar-refractivity contribution < 1.29 is 14.5 Å². The van der Waals surface area contributed by atoms with Gasteiger partial charge in [0.2, 0.25) is 0 Å². The largest absolute Gasteiger partial charge is 0.466 e. The van der Waals surface area contributed by atoms with Crippen molar-refractivity contribution in [1.82, 2.24) is 15.5 Å². The Hall–Kier alpha value is -2.71. The second-order valence-electron chi connectivity index (χ2n) is 7.02. The van der Waals surface area contributed by atoms with Crippen LogP contribution in [-0.4, -0.2) is 55.6 Å². The number of methoxy groups -OCH3 is 1. The van der Waals surface area contributed by atoms with Crippen LogP contribution in [0.25, 0.3) is 0 Å². The van der Waals surface area contributed by atoms with Crippen LogP contribution in [0.1, 0.15) is 32.3 Å². The molecule has 0 saturated carbocycles. The third-order valence-corrected chi connectivity index (χ3v) is 5.02. The third kappa shape index (κ3) is 6.13. The number of dihydropyridines is 1. The molecule has 2 heterocycles. The number of ether oxygens (including phenoxy) is 1. The summed E-state index contributed by atoms with van der Waals surface area (Å²) in [6.45, 7) is 11.9. The maximum atomic E-state index is 12.0. The van der Waals surface area contributed by atoms with Crippen LogP contribution in [0.2, 0.25) is 0 Å². The number of piperazine rings is 1. The number of nitrogens with zero attached hydrogens (tertiary/aromatic N) is 2. The average Bonchev–Trinajstić information content (AvgIpc) is 2.73. The Bertz CT molecular complexity index is 798. The average molecular weight is 402 g/mol. The molecule has 0 aliphatic carbocycles. The van der Waals surface area contributed by atoms with Gasteiger partial charge in [0.15, 0.2) is 0 Å². The van der Waals surface area contributed by atoms with E-state index in [0.29, 0.717) is 16.8 Å². The van der Waals surface area contributed by atoms with E-state index in [1.54, 1.807) is 19.1 Å². The predicted molar refractivity (Wildman–Crippen MR) is 112 cm³/mol. The second-order valence-corrected chi connectivity index (χ2v) is 7.02. The molecule has 1 fully saturated rings. The first-order chi connectivity index (χ1) is 13.9. The van der Waals surface area contributed by atoms with E-state index in [2.05, 4.69) is 22.5 Å². The molecule has 0 bridgehead atoms. The molecule has 1 unspecified atom stereocenters. The van der Waals surface area contributed by atoms with Crippen LogP contribution in [0.15, 0.2) is 47.3 Å². The molecular weight excluding hydrogens is 372 g/mol. The van der Waals surface area contributed by atoms with Crippen LogP contribution in [0.3, 0.4) is 0 Å². The van der Waals surface area contributed by atoms with Gasteiger partial charge in [0, 0.05) is 55.6 Å². The highest BCUT2D eigenvalue weighted by atomic mass is 16.6. The minimum atomic E-state index is -0.449. The molecule has 2 aliphatic heterocycles. The van der Waals surface area contributed by atoms with E-state index in [1.165, 1.54) is 52.0 Å². The van der Waals surface area contributed by atoms with Crippen molar-refractivity contribution in [2.45, 2.75) is 26.7 Å². The highest BCUT2D eigenvalue weighted by Crippen LogP contribution is 2.34. The number of esters is 1. The summed E-state index contributed by atoms with van der Waals surface area (Å²) in [7, 11) is 1.32. The first kappa shape index (κ1) is 22.6. The van der Waals surface area contributed by atoms with E-state index < -0.39 is 10.9 Å². The number of nitro groups is 1. The van der Waals surface area contributed by atoms with E-state index in [1.807, 2.05) is 13.0 Å². The quantitative estimate of drug-likeness (QED) is 0.454. The molecule has 0 amide bonds. The predicted octanol–water partition coefficient (Wildman–Crippen LogP) is 2.54. The minimum Gasteiger partial charge on any atom is -0.466 e. The van der Waals surface area contributed by atoms with Crippen molar-refractivity contribution in [2.24, 2.45) is 0 Å². The molecule has 0 radical (unpaired) electrons. The van der Waals surface area contributed by atoms with Crippen molar-refractivity contribution in [3.63, 3.8) is 0 Å². The lowest BCUT2D eigenvalue weighted by atomic mass is 9.86. The summed E-state index contributed by atoms with van der Waals surface area (Å²) in [6, 6.07) is 6.29. The van der Waals surface area contributed by atoms with E-state index in [4.69, 9.17) is 4.74 Å². The number of rotatable bonds is 4. The Kier molecular flexibility index (Phi) is 8.35. The van der Waals surface area contributed by atoms with Crippen molar-refractivity contribution in [2.75, 3.05) is 39.8 Å². The lowest BCUT2D eigenvalue weighted by Gasteiger charge is -2.25. The highest BCUT2D eigenvalue weighted by Gasteiger charge is 2.28. The number of allylic oxidation sites excluding steroid dienone is 3. The Morgan fingerprint density at radius 2 is 2.00 bits per heavy atom. The van der Waals surface area contributed by atoms with Gasteiger partial charge < -0.3 is 20.3 Å². The first-order valence-electron chi connectivity index (χ1n) is 9.79.